The fourth-order valence-corrected chi connectivity index (χ4v) is 6.43. The molecule has 1 unspecified atom stereocenters. The van der Waals surface area contributed by atoms with E-state index in [0.717, 1.165) is 12.2 Å². The summed E-state index contributed by atoms with van der Waals surface area (Å²) in [6, 6.07) is 0. The van der Waals surface area contributed by atoms with E-state index < -0.39 is 6.65 Å². The average Bonchev–Trinajstić information content (AvgIpc) is 2.35. The minimum atomic E-state index is -2.85. The molecule has 0 spiro atoms. The van der Waals surface area contributed by atoms with Crippen LogP contribution in [0.3, 0.4) is 0 Å². The first-order valence-electron chi connectivity index (χ1n) is 6.35. The van der Waals surface area contributed by atoms with Crippen LogP contribution < -0.4 is 5.09 Å². The smallest absolute Gasteiger partial charge is 0.294 e. The van der Waals surface area contributed by atoms with Crippen molar-refractivity contribution >= 4 is 23.9 Å². The lowest BCUT2D eigenvalue weighted by Crippen LogP contribution is -2.32. The van der Waals surface area contributed by atoms with Gasteiger partial charge in [-0.3, -0.25) is 14.0 Å². The van der Waals surface area contributed by atoms with Gasteiger partial charge < -0.3 is 4.74 Å². The van der Waals surface area contributed by atoms with Crippen molar-refractivity contribution in [2.45, 2.75) is 33.6 Å². The monoisotopic (exact) mass is 296 g/mol. The summed E-state index contributed by atoms with van der Waals surface area (Å²) in [5.41, 5.74) is 0. The second kappa shape index (κ2) is 9.84. The van der Waals surface area contributed by atoms with Crippen molar-refractivity contribution in [3.05, 3.63) is 0 Å². The highest BCUT2D eigenvalue weighted by atomic mass is 32.7. The summed E-state index contributed by atoms with van der Waals surface area (Å²) in [6.45, 7) is 4.32. The number of nitrogens with one attached hydrogen (secondary N) is 1. The van der Waals surface area contributed by atoms with Gasteiger partial charge in [-0.1, -0.05) is 25.2 Å². The maximum atomic E-state index is 12.8. The topological polar surface area (TPSA) is 58.6 Å². The van der Waals surface area contributed by atoms with Crippen LogP contribution in [0.4, 0.5) is 0 Å². The summed E-state index contributed by atoms with van der Waals surface area (Å²) in [6.07, 6.45) is 1.20. The molecular weight excluding hydrogens is 271 g/mol. The van der Waals surface area contributed by atoms with Crippen LogP contribution in [0, 0.1) is 0 Å². The molecular formula is C11H25N2O3PS. The summed E-state index contributed by atoms with van der Waals surface area (Å²) < 4.78 is 19.2. The Morgan fingerprint density at radius 3 is 2.50 bits per heavy atom. The highest BCUT2D eigenvalue weighted by Gasteiger charge is 2.32. The first-order valence-corrected chi connectivity index (χ1v) is 9.60. The van der Waals surface area contributed by atoms with Gasteiger partial charge in [0, 0.05) is 26.0 Å². The molecule has 0 aromatic carbocycles. The van der Waals surface area contributed by atoms with Gasteiger partial charge in [0.15, 0.2) is 0 Å². The van der Waals surface area contributed by atoms with Crippen LogP contribution in [0.15, 0.2) is 0 Å². The minimum absolute atomic E-state index is 0.118. The molecule has 0 radical (unpaired) electrons. The number of rotatable bonds is 10. The maximum Gasteiger partial charge on any atom is 0.294 e. The second-order valence-electron chi connectivity index (χ2n) is 3.72. The van der Waals surface area contributed by atoms with E-state index in [1.54, 1.807) is 7.11 Å². The van der Waals surface area contributed by atoms with Crippen LogP contribution in [-0.2, 0) is 14.1 Å². The highest BCUT2D eigenvalue weighted by molar-refractivity contribution is 8.56. The van der Waals surface area contributed by atoms with Crippen LogP contribution >= 0.6 is 18.0 Å². The largest absolute Gasteiger partial charge is 0.384 e. The molecule has 0 saturated heterocycles. The zero-order valence-corrected chi connectivity index (χ0v) is 13.5. The van der Waals surface area contributed by atoms with Gasteiger partial charge in [0.2, 0.25) is 5.91 Å². The van der Waals surface area contributed by atoms with Gasteiger partial charge in [-0.2, -0.15) is 0 Å². The number of carbonyl (C=O) groups excluding carboxylic acids is 1. The molecule has 7 heteroatoms. The van der Waals surface area contributed by atoms with E-state index in [0.29, 0.717) is 19.7 Å². The molecule has 0 aliphatic rings. The summed E-state index contributed by atoms with van der Waals surface area (Å²) in [7, 11) is 1.55. The third-order valence-electron chi connectivity index (χ3n) is 2.25. The quantitative estimate of drug-likeness (QED) is 0.628. The second-order valence-corrected chi connectivity index (χ2v) is 8.48. The van der Waals surface area contributed by atoms with Gasteiger partial charge in [0.1, 0.15) is 0 Å². The molecule has 5 nitrogen and oxygen atoms in total. The van der Waals surface area contributed by atoms with E-state index in [1.807, 2.05) is 20.8 Å². The van der Waals surface area contributed by atoms with Gasteiger partial charge in [-0.15, -0.1) is 0 Å². The molecule has 1 amide bonds. The number of amides is 1. The van der Waals surface area contributed by atoms with E-state index >= 15 is 0 Å². The summed E-state index contributed by atoms with van der Waals surface area (Å²) in [4.78, 5) is 12.0. The van der Waals surface area contributed by atoms with Crippen LogP contribution in [0.5, 0.6) is 0 Å². The molecule has 108 valence electrons. The molecule has 0 aromatic rings. The van der Waals surface area contributed by atoms with Gasteiger partial charge >= 0.3 is 0 Å². The Hall–Kier alpha value is -0.0300. The van der Waals surface area contributed by atoms with Crippen molar-refractivity contribution in [3.63, 3.8) is 0 Å². The first kappa shape index (κ1) is 18.0. The standard InChI is InChI=1S/C11H25N2O3PS/c1-5-10-18-17(15,12-6-2)13(7-3)11(14)8-9-16-4/h5-10H2,1-4H3,(H,12,15). The number of ether oxygens (including phenoxy) is 1. The molecule has 1 N–H and O–H groups in total. The van der Waals surface area contributed by atoms with Crippen LogP contribution in [0.2, 0.25) is 0 Å². The molecule has 0 fully saturated rings. The number of methoxy groups -OCH3 is 1. The molecule has 0 aromatic heterocycles. The molecule has 0 bridgehead atoms. The fraction of sp³-hybridized carbons (Fsp3) is 0.909. The third-order valence-corrected chi connectivity index (χ3v) is 7.63. The highest BCUT2D eigenvalue weighted by Crippen LogP contribution is 2.58. The van der Waals surface area contributed by atoms with Crippen molar-refractivity contribution in [3.8, 4) is 0 Å². The lowest BCUT2D eigenvalue weighted by molar-refractivity contribution is -0.127. The van der Waals surface area contributed by atoms with Crippen molar-refractivity contribution in [1.29, 1.82) is 0 Å². The van der Waals surface area contributed by atoms with Gasteiger partial charge in [0.25, 0.3) is 6.65 Å². The van der Waals surface area contributed by atoms with E-state index in [9.17, 15) is 9.36 Å². The molecule has 1 atom stereocenters. The predicted molar refractivity (Wildman–Crippen MR) is 77.9 cm³/mol. The molecule has 0 saturated carbocycles. The Labute approximate surface area is 114 Å². The van der Waals surface area contributed by atoms with E-state index in [-0.39, 0.29) is 12.3 Å². The Morgan fingerprint density at radius 2 is 2.06 bits per heavy atom. The fourth-order valence-electron chi connectivity index (χ4n) is 1.44. The van der Waals surface area contributed by atoms with Crippen molar-refractivity contribution < 1.29 is 14.1 Å². The molecule has 0 aliphatic heterocycles. The van der Waals surface area contributed by atoms with Gasteiger partial charge in [-0.25, -0.2) is 5.09 Å². The van der Waals surface area contributed by atoms with Crippen LogP contribution in [0.25, 0.3) is 0 Å². The predicted octanol–water partition coefficient (Wildman–Crippen LogP) is 2.73. The van der Waals surface area contributed by atoms with Crippen molar-refractivity contribution in [1.82, 2.24) is 9.76 Å². The average molecular weight is 296 g/mol. The number of carbonyl (C=O) groups is 1. The Kier molecular flexibility index (Phi) is 9.83. The van der Waals surface area contributed by atoms with Gasteiger partial charge in [-0.05, 0) is 13.3 Å². The maximum absolute atomic E-state index is 12.8. The third kappa shape index (κ3) is 5.74. The number of hydrogen-bond donors (Lipinski definition) is 1. The Bertz CT molecular complexity index is 289. The molecule has 0 rings (SSSR count). The van der Waals surface area contributed by atoms with E-state index in [4.69, 9.17) is 4.74 Å². The SMILES string of the molecule is CCCSP(=O)(NCC)N(CC)C(=O)CCOC. The van der Waals surface area contributed by atoms with Crippen molar-refractivity contribution in [2.75, 3.05) is 32.6 Å². The normalized spacial score (nSPS) is 14.2. The minimum Gasteiger partial charge on any atom is -0.384 e. The summed E-state index contributed by atoms with van der Waals surface area (Å²) >= 11 is 1.35. The summed E-state index contributed by atoms with van der Waals surface area (Å²) in [5.74, 6) is 0.658. The zero-order valence-electron chi connectivity index (χ0n) is 11.8. The summed E-state index contributed by atoms with van der Waals surface area (Å²) in [5, 5.41) is 2.98. The molecule has 0 heterocycles. The lowest BCUT2D eigenvalue weighted by atomic mass is 10.4. The molecule has 18 heavy (non-hydrogen) atoms. The van der Waals surface area contributed by atoms with E-state index in [1.165, 1.54) is 16.1 Å². The number of hydrogen-bond acceptors (Lipinski definition) is 4. The van der Waals surface area contributed by atoms with Gasteiger partial charge in [0.05, 0.1) is 13.0 Å². The number of nitrogens with zero attached hydrogens (tertiary/aromatic N) is 1. The first-order chi connectivity index (χ1) is 8.55. The van der Waals surface area contributed by atoms with Crippen LogP contribution in [0.1, 0.15) is 33.6 Å². The van der Waals surface area contributed by atoms with Crippen LogP contribution in [-0.4, -0.2) is 43.1 Å². The van der Waals surface area contributed by atoms with E-state index in [2.05, 4.69) is 5.09 Å². The van der Waals surface area contributed by atoms with Crippen molar-refractivity contribution in [2.24, 2.45) is 0 Å². The Morgan fingerprint density at radius 1 is 1.39 bits per heavy atom. The lowest BCUT2D eigenvalue weighted by Gasteiger charge is -2.30. The molecule has 0 aliphatic carbocycles. The zero-order chi connectivity index (χ0) is 14.0. The Balaban J connectivity index is 4.79.